The molecule has 3 aromatic rings. The van der Waals surface area contributed by atoms with Gasteiger partial charge in [0.15, 0.2) is 9.84 Å². The van der Waals surface area contributed by atoms with E-state index in [9.17, 15) is 13.2 Å². The smallest absolute Gasteiger partial charge is 0.322 e. The van der Waals surface area contributed by atoms with Crippen LogP contribution in [0.15, 0.2) is 39.6 Å². The van der Waals surface area contributed by atoms with E-state index in [0.29, 0.717) is 18.0 Å². The molecule has 160 valence electrons. The highest BCUT2D eigenvalue weighted by molar-refractivity contribution is 7.92. The SMILES string of the molecule is Cc1cc(C(=O)Nc2nnc(Cc3ccc(S(=O)(=O)C(C)C)cc3)o2)n(C(C)C)n1. The highest BCUT2D eigenvalue weighted by atomic mass is 32.2. The lowest BCUT2D eigenvalue weighted by Crippen LogP contribution is -2.19. The Morgan fingerprint density at radius 1 is 1.13 bits per heavy atom. The Bertz CT molecular complexity index is 1140. The van der Waals surface area contributed by atoms with E-state index >= 15 is 0 Å². The van der Waals surface area contributed by atoms with Crippen molar-refractivity contribution in [3.05, 3.63) is 53.2 Å². The number of carbonyl (C=O) groups excluding carboxylic acids is 1. The van der Waals surface area contributed by atoms with E-state index in [1.807, 2.05) is 20.8 Å². The summed E-state index contributed by atoms with van der Waals surface area (Å²) in [6.07, 6.45) is 0.313. The second-order valence-corrected chi connectivity index (χ2v) is 10.1. The van der Waals surface area contributed by atoms with Crippen molar-refractivity contribution >= 4 is 21.8 Å². The minimum atomic E-state index is -3.32. The molecule has 0 aliphatic rings. The maximum absolute atomic E-state index is 12.6. The van der Waals surface area contributed by atoms with Gasteiger partial charge in [-0.3, -0.25) is 14.8 Å². The van der Waals surface area contributed by atoms with Gasteiger partial charge in [-0.1, -0.05) is 17.2 Å². The average molecular weight is 432 g/mol. The van der Waals surface area contributed by atoms with Crippen LogP contribution in [0.5, 0.6) is 0 Å². The first-order valence-corrected chi connectivity index (χ1v) is 11.1. The third-order valence-corrected chi connectivity index (χ3v) is 6.67. The van der Waals surface area contributed by atoms with E-state index in [4.69, 9.17) is 4.42 Å². The molecular formula is C20H25N5O4S. The van der Waals surface area contributed by atoms with Gasteiger partial charge in [0.05, 0.1) is 22.3 Å². The lowest BCUT2D eigenvalue weighted by Gasteiger charge is -2.09. The number of anilines is 1. The molecule has 0 saturated carbocycles. The quantitative estimate of drug-likeness (QED) is 0.610. The summed E-state index contributed by atoms with van der Waals surface area (Å²) >= 11 is 0. The van der Waals surface area contributed by atoms with Gasteiger partial charge in [0, 0.05) is 6.04 Å². The van der Waals surface area contributed by atoms with Gasteiger partial charge >= 0.3 is 6.01 Å². The van der Waals surface area contributed by atoms with E-state index in [1.165, 1.54) is 0 Å². The van der Waals surface area contributed by atoms with Gasteiger partial charge in [0.2, 0.25) is 5.89 Å². The van der Waals surface area contributed by atoms with Gasteiger partial charge in [0.25, 0.3) is 5.91 Å². The Labute approximate surface area is 175 Å². The number of amides is 1. The minimum Gasteiger partial charge on any atom is -0.407 e. The largest absolute Gasteiger partial charge is 0.407 e. The number of rotatable bonds is 7. The summed E-state index contributed by atoms with van der Waals surface area (Å²) in [6, 6.07) is 8.27. The topological polar surface area (TPSA) is 120 Å². The monoisotopic (exact) mass is 431 g/mol. The molecule has 10 heteroatoms. The van der Waals surface area contributed by atoms with E-state index in [1.54, 1.807) is 48.9 Å². The average Bonchev–Trinajstić information content (AvgIpc) is 3.28. The second kappa shape index (κ2) is 8.39. The number of hydrogen-bond acceptors (Lipinski definition) is 7. The van der Waals surface area contributed by atoms with Crippen LogP contribution in [-0.4, -0.2) is 39.6 Å². The Hall–Kier alpha value is -3.01. The summed E-state index contributed by atoms with van der Waals surface area (Å²) in [6.45, 7) is 8.98. The number of sulfone groups is 1. The lowest BCUT2D eigenvalue weighted by atomic mass is 10.1. The van der Waals surface area contributed by atoms with Gasteiger partial charge in [-0.25, -0.2) is 8.42 Å². The fraction of sp³-hybridized carbons (Fsp3) is 0.400. The zero-order valence-electron chi connectivity index (χ0n) is 17.6. The van der Waals surface area contributed by atoms with Crippen LogP contribution in [-0.2, 0) is 16.3 Å². The van der Waals surface area contributed by atoms with E-state index in [2.05, 4.69) is 20.6 Å². The second-order valence-electron chi connectivity index (χ2n) is 7.58. The third-order valence-electron chi connectivity index (χ3n) is 4.49. The fourth-order valence-electron chi connectivity index (χ4n) is 2.86. The zero-order valence-corrected chi connectivity index (χ0v) is 18.4. The molecular weight excluding hydrogens is 406 g/mol. The third kappa shape index (κ3) is 4.59. The van der Waals surface area contributed by atoms with Gasteiger partial charge in [0.1, 0.15) is 5.69 Å². The molecule has 1 aromatic carbocycles. The Balaban J connectivity index is 1.69. The van der Waals surface area contributed by atoms with Gasteiger partial charge in [-0.05, 0) is 58.4 Å². The molecule has 0 aliphatic heterocycles. The van der Waals surface area contributed by atoms with Crippen molar-refractivity contribution in [2.75, 3.05) is 5.32 Å². The number of nitrogens with zero attached hydrogens (tertiary/aromatic N) is 4. The molecule has 0 saturated heterocycles. The molecule has 0 spiro atoms. The van der Waals surface area contributed by atoms with Crippen molar-refractivity contribution < 1.29 is 17.6 Å². The number of benzene rings is 1. The van der Waals surface area contributed by atoms with Gasteiger partial charge < -0.3 is 4.42 Å². The highest BCUT2D eigenvalue weighted by Crippen LogP contribution is 2.19. The van der Waals surface area contributed by atoms with E-state index in [-0.39, 0.29) is 22.9 Å². The van der Waals surface area contributed by atoms with Crippen LogP contribution in [0.3, 0.4) is 0 Å². The Morgan fingerprint density at radius 2 is 1.80 bits per heavy atom. The maximum Gasteiger partial charge on any atom is 0.322 e. The summed E-state index contributed by atoms with van der Waals surface area (Å²) in [5.41, 5.74) is 1.96. The minimum absolute atomic E-state index is 0.0110. The molecule has 0 bridgehead atoms. The summed E-state index contributed by atoms with van der Waals surface area (Å²) in [7, 11) is -3.32. The normalized spacial score (nSPS) is 12.0. The molecule has 2 heterocycles. The molecule has 3 rings (SSSR count). The highest BCUT2D eigenvalue weighted by Gasteiger charge is 2.20. The van der Waals surface area contributed by atoms with Crippen molar-refractivity contribution in [1.29, 1.82) is 0 Å². The van der Waals surface area contributed by atoms with E-state index < -0.39 is 15.1 Å². The van der Waals surface area contributed by atoms with Crippen molar-refractivity contribution in [2.45, 2.75) is 57.2 Å². The van der Waals surface area contributed by atoms with Crippen molar-refractivity contribution in [1.82, 2.24) is 20.0 Å². The molecule has 2 aromatic heterocycles. The molecule has 1 amide bonds. The first kappa shape index (κ1) is 21.7. The summed E-state index contributed by atoms with van der Waals surface area (Å²) < 4.78 is 31.6. The summed E-state index contributed by atoms with van der Waals surface area (Å²) in [5, 5.41) is 14.2. The molecule has 1 N–H and O–H groups in total. The molecule has 0 radical (unpaired) electrons. The first-order valence-electron chi connectivity index (χ1n) is 9.60. The summed E-state index contributed by atoms with van der Waals surface area (Å²) in [4.78, 5) is 12.8. The summed E-state index contributed by atoms with van der Waals surface area (Å²) in [5.74, 6) is -0.0824. The fourth-order valence-corrected chi connectivity index (χ4v) is 3.92. The predicted octanol–water partition coefficient (Wildman–Crippen LogP) is 3.18. The standard InChI is InChI=1S/C20H25N5O4S/c1-12(2)25-17(10-14(5)24-25)19(26)21-20-23-22-18(29-20)11-15-6-8-16(9-7-15)30(27,28)13(3)4/h6-10,12-13H,11H2,1-5H3,(H,21,23,26). The van der Waals surface area contributed by atoms with Crippen LogP contribution in [0.1, 0.15) is 61.4 Å². The van der Waals surface area contributed by atoms with Crippen molar-refractivity contribution in [3.63, 3.8) is 0 Å². The van der Waals surface area contributed by atoms with Crippen LogP contribution >= 0.6 is 0 Å². The van der Waals surface area contributed by atoms with Crippen LogP contribution in [0.25, 0.3) is 0 Å². The van der Waals surface area contributed by atoms with Crippen molar-refractivity contribution in [3.8, 4) is 0 Å². The van der Waals surface area contributed by atoms with Crippen LogP contribution in [0.4, 0.5) is 6.01 Å². The van der Waals surface area contributed by atoms with Crippen LogP contribution in [0, 0.1) is 6.92 Å². The van der Waals surface area contributed by atoms with Gasteiger partial charge in [-0.15, -0.1) is 5.10 Å². The Morgan fingerprint density at radius 3 is 2.40 bits per heavy atom. The first-order chi connectivity index (χ1) is 14.1. The van der Waals surface area contributed by atoms with Crippen LogP contribution < -0.4 is 5.32 Å². The number of aromatic nitrogens is 4. The number of nitrogens with one attached hydrogen (secondary N) is 1. The van der Waals surface area contributed by atoms with Crippen LogP contribution in [0.2, 0.25) is 0 Å². The number of carbonyl (C=O) groups is 1. The number of hydrogen-bond donors (Lipinski definition) is 1. The molecule has 0 atom stereocenters. The molecule has 9 nitrogen and oxygen atoms in total. The van der Waals surface area contributed by atoms with E-state index in [0.717, 1.165) is 11.3 Å². The van der Waals surface area contributed by atoms with Crippen molar-refractivity contribution in [2.24, 2.45) is 0 Å². The molecule has 30 heavy (non-hydrogen) atoms. The maximum atomic E-state index is 12.6. The molecule has 0 aliphatic carbocycles. The zero-order chi connectivity index (χ0) is 22.1. The molecule has 0 unspecified atom stereocenters. The number of aryl methyl sites for hydroxylation is 1. The Kier molecular flexibility index (Phi) is 6.06. The predicted molar refractivity (Wildman–Crippen MR) is 111 cm³/mol. The molecule has 0 fully saturated rings. The van der Waals surface area contributed by atoms with Gasteiger partial charge in [-0.2, -0.15) is 5.10 Å². The lowest BCUT2D eigenvalue weighted by molar-refractivity contribution is 0.101.